The minimum Gasteiger partial charge on any atom is -0.378 e. The summed E-state index contributed by atoms with van der Waals surface area (Å²) < 4.78 is 7.71. The Kier molecular flexibility index (Phi) is 5.33. The maximum atomic E-state index is 5.71. The van der Waals surface area contributed by atoms with Crippen molar-refractivity contribution in [2.24, 2.45) is 0 Å². The second-order valence-electron chi connectivity index (χ2n) is 7.41. The lowest BCUT2D eigenvalue weighted by Crippen LogP contribution is -2.60. The molecule has 6 nitrogen and oxygen atoms in total. The molecular formula is C20H29N5O. The first-order chi connectivity index (χ1) is 12.8. The molecule has 2 aliphatic rings. The number of hydrogen-bond donors (Lipinski definition) is 0. The van der Waals surface area contributed by atoms with E-state index in [1.165, 1.54) is 24.0 Å². The van der Waals surface area contributed by atoms with Crippen molar-refractivity contribution in [3.8, 4) is 0 Å². The molecule has 26 heavy (non-hydrogen) atoms. The van der Waals surface area contributed by atoms with Crippen molar-refractivity contribution in [3.05, 3.63) is 48.0 Å². The first kappa shape index (κ1) is 17.6. The third kappa shape index (κ3) is 3.54. The summed E-state index contributed by atoms with van der Waals surface area (Å²) in [5.41, 5.74) is 2.65. The molecule has 0 radical (unpaired) electrons. The van der Waals surface area contributed by atoms with Gasteiger partial charge in [0.2, 0.25) is 0 Å². The summed E-state index contributed by atoms with van der Waals surface area (Å²) in [6.45, 7) is 7.42. The number of ether oxygens (including phenoxy) is 1. The van der Waals surface area contributed by atoms with Crippen LogP contribution in [0.2, 0.25) is 0 Å². The predicted octanol–water partition coefficient (Wildman–Crippen LogP) is 2.33. The molecule has 0 aromatic carbocycles. The van der Waals surface area contributed by atoms with E-state index in [1.54, 1.807) is 0 Å². The van der Waals surface area contributed by atoms with Crippen molar-refractivity contribution in [1.82, 2.24) is 24.6 Å². The van der Waals surface area contributed by atoms with Crippen molar-refractivity contribution >= 4 is 0 Å². The van der Waals surface area contributed by atoms with Crippen LogP contribution in [-0.2, 0) is 17.8 Å². The van der Waals surface area contributed by atoms with Gasteiger partial charge in [0.1, 0.15) is 0 Å². The summed E-state index contributed by atoms with van der Waals surface area (Å²) in [7, 11) is 1.83. The minimum atomic E-state index is 0.301. The van der Waals surface area contributed by atoms with Gasteiger partial charge >= 0.3 is 0 Å². The third-order valence-electron chi connectivity index (χ3n) is 5.89. The lowest BCUT2D eigenvalue weighted by molar-refractivity contribution is -0.116. The molecule has 6 heteroatoms. The Morgan fingerprint density at radius 2 is 1.96 bits per heavy atom. The van der Waals surface area contributed by atoms with Crippen molar-refractivity contribution in [2.45, 2.75) is 51.0 Å². The maximum Gasteiger partial charge on any atom is 0.0895 e. The van der Waals surface area contributed by atoms with Crippen LogP contribution in [0.15, 0.2) is 36.9 Å². The Bertz CT molecular complexity index is 695. The fourth-order valence-electron chi connectivity index (χ4n) is 4.37. The molecule has 0 saturated carbocycles. The molecule has 0 aliphatic carbocycles. The highest BCUT2D eigenvalue weighted by molar-refractivity contribution is 5.21. The van der Waals surface area contributed by atoms with Crippen LogP contribution in [-0.4, -0.2) is 63.5 Å². The maximum absolute atomic E-state index is 5.71. The van der Waals surface area contributed by atoms with Gasteiger partial charge in [0, 0.05) is 56.9 Å². The number of likely N-dealkylation sites (tertiary alicyclic amines) is 2. The van der Waals surface area contributed by atoms with Gasteiger partial charge < -0.3 is 4.74 Å². The van der Waals surface area contributed by atoms with Gasteiger partial charge in [-0.05, 0) is 50.6 Å². The van der Waals surface area contributed by atoms with Crippen LogP contribution in [0.3, 0.4) is 0 Å². The van der Waals surface area contributed by atoms with Gasteiger partial charge in [-0.1, -0.05) is 0 Å². The van der Waals surface area contributed by atoms with E-state index >= 15 is 0 Å². The number of rotatable bonds is 6. The van der Waals surface area contributed by atoms with Crippen LogP contribution in [0.1, 0.15) is 36.9 Å². The molecular weight excluding hydrogens is 326 g/mol. The zero-order valence-electron chi connectivity index (χ0n) is 15.8. The van der Waals surface area contributed by atoms with Gasteiger partial charge in [0.05, 0.1) is 18.3 Å². The summed E-state index contributed by atoms with van der Waals surface area (Å²) in [4.78, 5) is 9.35. The van der Waals surface area contributed by atoms with Crippen LogP contribution in [0.5, 0.6) is 0 Å². The Balaban J connectivity index is 1.34. The fraction of sp³-hybridized carbons (Fsp3) is 0.600. The van der Waals surface area contributed by atoms with E-state index in [4.69, 9.17) is 4.74 Å². The Morgan fingerprint density at radius 1 is 1.19 bits per heavy atom. The topological polar surface area (TPSA) is 46.4 Å². The largest absolute Gasteiger partial charge is 0.378 e. The van der Waals surface area contributed by atoms with Gasteiger partial charge in [-0.15, -0.1) is 0 Å². The van der Waals surface area contributed by atoms with Crippen LogP contribution in [0.4, 0.5) is 0 Å². The molecule has 2 atom stereocenters. The molecule has 4 heterocycles. The monoisotopic (exact) mass is 355 g/mol. The zero-order chi connectivity index (χ0) is 17.9. The van der Waals surface area contributed by atoms with Crippen molar-refractivity contribution in [1.29, 1.82) is 0 Å². The summed E-state index contributed by atoms with van der Waals surface area (Å²) in [6, 6.07) is 5.28. The average molecular weight is 355 g/mol. The summed E-state index contributed by atoms with van der Waals surface area (Å²) in [5, 5.41) is 4.39. The number of piperidine rings is 1. The molecule has 140 valence electrons. The second kappa shape index (κ2) is 7.86. The molecule has 0 unspecified atom stereocenters. The SMILES string of the molecule is CCn1cc(CN2CCC(N3C[C@H](OC)[C@@H]3c3ccncc3)CC2)cn1. The van der Waals surface area contributed by atoms with Crippen molar-refractivity contribution in [3.63, 3.8) is 0 Å². The first-order valence-electron chi connectivity index (χ1n) is 9.70. The number of hydrogen-bond acceptors (Lipinski definition) is 5. The molecule has 0 spiro atoms. The minimum absolute atomic E-state index is 0.301. The summed E-state index contributed by atoms with van der Waals surface area (Å²) in [6.07, 6.45) is 10.7. The third-order valence-corrected chi connectivity index (χ3v) is 5.89. The van der Waals surface area contributed by atoms with Crippen LogP contribution < -0.4 is 0 Å². The van der Waals surface area contributed by atoms with E-state index in [0.717, 1.165) is 32.7 Å². The molecule has 4 rings (SSSR count). The number of methoxy groups -OCH3 is 1. The van der Waals surface area contributed by atoms with E-state index in [-0.39, 0.29) is 0 Å². The van der Waals surface area contributed by atoms with Gasteiger partial charge in [-0.2, -0.15) is 5.10 Å². The summed E-state index contributed by atoms with van der Waals surface area (Å²) in [5.74, 6) is 0. The van der Waals surface area contributed by atoms with E-state index in [1.807, 2.05) is 30.4 Å². The molecule has 0 amide bonds. The summed E-state index contributed by atoms with van der Waals surface area (Å²) >= 11 is 0. The quantitative estimate of drug-likeness (QED) is 0.796. The Labute approximate surface area is 155 Å². The lowest BCUT2D eigenvalue weighted by Gasteiger charge is -2.53. The van der Waals surface area contributed by atoms with E-state index in [0.29, 0.717) is 18.2 Å². The van der Waals surface area contributed by atoms with E-state index in [9.17, 15) is 0 Å². The predicted molar refractivity (Wildman–Crippen MR) is 101 cm³/mol. The molecule has 2 fully saturated rings. The molecule has 2 aromatic rings. The number of nitrogens with zero attached hydrogens (tertiary/aromatic N) is 5. The molecule has 2 saturated heterocycles. The van der Waals surface area contributed by atoms with E-state index < -0.39 is 0 Å². The van der Waals surface area contributed by atoms with Crippen LogP contribution in [0, 0.1) is 0 Å². The standard InChI is InChI=1S/C20H29N5O/c1-3-24-14-16(12-22-24)13-23-10-6-18(7-11-23)25-15-19(26-2)20(25)17-4-8-21-9-5-17/h4-5,8-9,12,14,18-20H,3,6-7,10-11,13,15H2,1-2H3/t19-,20-/m0/s1. The lowest BCUT2D eigenvalue weighted by atomic mass is 9.87. The number of aryl methyl sites for hydroxylation is 1. The van der Waals surface area contributed by atoms with Gasteiger partial charge in [-0.3, -0.25) is 19.5 Å². The van der Waals surface area contributed by atoms with Gasteiger partial charge in [0.25, 0.3) is 0 Å². The highest BCUT2D eigenvalue weighted by atomic mass is 16.5. The molecule has 0 N–H and O–H groups in total. The highest BCUT2D eigenvalue weighted by Crippen LogP contribution is 2.39. The Hall–Kier alpha value is -1.76. The first-order valence-corrected chi connectivity index (χ1v) is 9.70. The average Bonchev–Trinajstić information content (AvgIpc) is 3.11. The molecule has 2 aliphatic heterocycles. The Morgan fingerprint density at radius 3 is 2.62 bits per heavy atom. The van der Waals surface area contributed by atoms with Crippen LogP contribution in [0.25, 0.3) is 0 Å². The van der Waals surface area contributed by atoms with Crippen LogP contribution >= 0.6 is 0 Å². The number of pyridine rings is 1. The van der Waals surface area contributed by atoms with Crippen molar-refractivity contribution in [2.75, 3.05) is 26.7 Å². The fourth-order valence-corrected chi connectivity index (χ4v) is 4.37. The van der Waals surface area contributed by atoms with E-state index in [2.05, 4.69) is 45.1 Å². The normalized spacial score (nSPS) is 25.3. The smallest absolute Gasteiger partial charge is 0.0895 e. The van der Waals surface area contributed by atoms with Gasteiger partial charge in [-0.25, -0.2) is 0 Å². The second-order valence-corrected chi connectivity index (χ2v) is 7.41. The molecule has 2 aromatic heterocycles. The number of aromatic nitrogens is 3. The van der Waals surface area contributed by atoms with Gasteiger partial charge in [0.15, 0.2) is 0 Å². The molecule has 0 bridgehead atoms. The highest BCUT2D eigenvalue weighted by Gasteiger charge is 2.44. The van der Waals surface area contributed by atoms with Crippen molar-refractivity contribution < 1.29 is 4.74 Å². The zero-order valence-corrected chi connectivity index (χ0v) is 15.8.